The van der Waals surface area contributed by atoms with Crippen molar-refractivity contribution in [2.75, 3.05) is 0 Å². The van der Waals surface area contributed by atoms with Gasteiger partial charge in [-0.3, -0.25) is 0 Å². The monoisotopic (exact) mass is 424 g/mol. The topological polar surface area (TPSA) is 3.88 Å². The van der Waals surface area contributed by atoms with E-state index in [2.05, 4.69) is 101 Å². The minimum atomic E-state index is -0.142. The minimum Gasteiger partial charge on any atom is -0.188 e. The number of hydrogen-bond donors (Lipinski definition) is 0. The number of benzene rings is 2. The van der Waals surface area contributed by atoms with Crippen molar-refractivity contribution in [2.24, 2.45) is 0 Å². The van der Waals surface area contributed by atoms with E-state index in [4.69, 9.17) is 0 Å². The molecule has 0 saturated carbocycles. The number of unbranched alkanes of at least 4 members (excludes halogenated alkanes) is 1. The summed E-state index contributed by atoms with van der Waals surface area (Å²) in [4.78, 5) is 0. The number of aromatic nitrogens is 1. The van der Waals surface area contributed by atoms with Crippen molar-refractivity contribution in [3.63, 3.8) is 0 Å². The molecule has 2 aliphatic rings. The van der Waals surface area contributed by atoms with Crippen LogP contribution in [-0.2, 0) is 22.8 Å². The van der Waals surface area contributed by atoms with Gasteiger partial charge in [-0.25, -0.2) is 0 Å². The molecule has 1 heteroatoms. The highest BCUT2D eigenvalue weighted by molar-refractivity contribution is 6.01. The van der Waals surface area contributed by atoms with Gasteiger partial charge in [-0.2, -0.15) is 4.57 Å². The second kappa shape index (κ2) is 7.04. The molecule has 3 aromatic rings. The van der Waals surface area contributed by atoms with Gasteiger partial charge < -0.3 is 0 Å². The van der Waals surface area contributed by atoms with E-state index in [0.717, 1.165) is 19.3 Å². The van der Waals surface area contributed by atoms with Crippen molar-refractivity contribution in [1.29, 1.82) is 0 Å². The zero-order valence-corrected chi connectivity index (χ0v) is 20.8. The lowest BCUT2D eigenvalue weighted by molar-refractivity contribution is -0.755. The van der Waals surface area contributed by atoms with Gasteiger partial charge in [0.15, 0.2) is 11.7 Å². The maximum Gasteiger partial charge on any atom is 0.222 e. The predicted octanol–water partition coefficient (Wildman–Crippen LogP) is 7.75. The van der Waals surface area contributed by atoms with Gasteiger partial charge in [0.25, 0.3) is 0 Å². The molecular formula is C31H38N+. The van der Waals surface area contributed by atoms with Crippen molar-refractivity contribution in [1.82, 2.24) is 0 Å². The van der Waals surface area contributed by atoms with Gasteiger partial charge in [-0.05, 0) is 59.9 Å². The van der Waals surface area contributed by atoms with Gasteiger partial charge in [0.05, 0.1) is 16.4 Å². The first-order valence-electron chi connectivity index (χ1n) is 12.6. The second-order valence-electron chi connectivity index (χ2n) is 10.8. The molecule has 0 saturated heterocycles. The van der Waals surface area contributed by atoms with Crippen molar-refractivity contribution < 1.29 is 4.57 Å². The Morgan fingerprint density at radius 1 is 0.938 bits per heavy atom. The van der Waals surface area contributed by atoms with Crippen LogP contribution in [0.5, 0.6) is 0 Å². The fourth-order valence-corrected chi connectivity index (χ4v) is 7.03. The van der Waals surface area contributed by atoms with Crippen LogP contribution in [0.25, 0.3) is 22.0 Å². The standard InChI is InChI=1S/C31H38N/c1-8-12-14-21-19-22-17-18-32-28-26(22)25(20-21)29(5,6)23-15-13-16-24(27(23)28)30(7,9-2)31(32,10-3)11-4/h10,13,15-20H,3,8-9,11-12,14H2,1-2,4-7H3/q+1. The maximum absolute atomic E-state index is 4.42. The van der Waals surface area contributed by atoms with Gasteiger partial charge in [0.1, 0.15) is 0 Å². The summed E-state index contributed by atoms with van der Waals surface area (Å²) < 4.78 is 2.60. The molecule has 0 bridgehead atoms. The normalized spacial score (nSPS) is 24.6. The number of allylic oxidation sites excluding steroid dienone is 1. The smallest absolute Gasteiger partial charge is 0.188 e. The summed E-state index contributed by atoms with van der Waals surface area (Å²) in [5, 5.41) is 2.85. The number of nitrogens with zero attached hydrogens (tertiary/aromatic N) is 1. The molecule has 1 aliphatic heterocycles. The van der Waals surface area contributed by atoms with E-state index in [1.165, 1.54) is 57.1 Å². The summed E-state index contributed by atoms with van der Waals surface area (Å²) >= 11 is 0. The summed E-state index contributed by atoms with van der Waals surface area (Å²) in [5.41, 5.74) is 8.67. The first kappa shape index (κ1) is 21.4. The third kappa shape index (κ3) is 2.38. The van der Waals surface area contributed by atoms with Crippen molar-refractivity contribution in [3.05, 3.63) is 77.5 Å². The summed E-state index contributed by atoms with van der Waals surface area (Å²) in [5.74, 6) is 0. The number of pyridine rings is 1. The Balaban J connectivity index is 1.99. The molecule has 166 valence electrons. The number of rotatable bonds is 6. The Labute approximate surface area is 194 Å². The van der Waals surface area contributed by atoms with Crippen LogP contribution in [-0.4, -0.2) is 0 Å². The lowest BCUT2D eigenvalue weighted by atomic mass is 9.56. The van der Waals surface area contributed by atoms with Crippen molar-refractivity contribution in [2.45, 2.75) is 90.0 Å². The van der Waals surface area contributed by atoms with Crippen molar-refractivity contribution in [3.8, 4) is 11.3 Å². The molecule has 0 N–H and O–H groups in total. The molecule has 1 aliphatic carbocycles. The van der Waals surface area contributed by atoms with E-state index in [1.807, 2.05) is 0 Å². The Bertz CT molecular complexity index is 1250. The van der Waals surface area contributed by atoms with E-state index in [-0.39, 0.29) is 16.4 Å². The first-order chi connectivity index (χ1) is 15.3. The molecule has 5 rings (SSSR count). The summed E-state index contributed by atoms with van der Waals surface area (Å²) in [6.07, 6.45) is 10.4. The van der Waals surface area contributed by atoms with E-state index >= 15 is 0 Å². The van der Waals surface area contributed by atoms with Crippen LogP contribution in [0.1, 0.15) is 89.5 Å². The highest BCUT2D eigenvalue weighted by atomic mass is 15.1. The molecule has 1 nitrogen and oxygen atoms in total. The highest BCUT2D eigenvalue weighted by Crippen LogP contribution is 2.57. The predicted molar refractivity (Wildman–Crippen MR) is 136 cm³/mol. The van der Waals surface area contributed by atoms with Gasteiger partial charge in [0.2, 0.25) is 5.69 Å². The molecule has 0 amide bonds. The van der Waals surface area contributed by atoms with Crippen LogP contribution in [0.3, 0.4) is 0 Å². The van der Waals surface area contributed by atoms with Crippen LogP contribution >= 0.6 is 0 Å². The minimum absolute atomic E-state index is 0.00512. The van der Waals surface area contributed by atoms with E-state index in [9.17, 15) is 0 Å². The van der Waals surface area contributed by atoms with Gasteiger partial charge >= 0.3 is 0 Å². The maximum atomic E-state index is 4.42. The zero-order valence-electron chi connectivity index (χ0n) is 20.8. The Morgan fingerprint density at radius 2 is 1.69 bits per heavy atom. The average Bonchev–Trinajstić information content (AvgIpc) is 2.81. The quantitative estimate of drug-likeness (QED) is 0.281. The third-order valence-electron chi connectivity index (χ3n) is 9.14. The molecular weight excluding hydrogens is 386 g/mol. The van der Waals surface area contributed by atoms with Gasteiger partial charge in [0, 0.05) is 17.9 Å². The van der Waals surface area contributed by atoms with E-state index in [1.54, 1.807) is 0 Å². The fourth-order valence-electron chi connectivity index (χ4n) is 7.03. The fraction of sp³-hybridized carbons (Fsp3) is 0.452. The van der Waals surface area contributed by atoms with Gasteiger partial charge in [-0.15, -0.1) is 0 Å². The summed E-state index contributed by atoms with van der Waals surface area (Å²) in [7, 11) is 0. The molecule has 2 aromatic carbocycles. The molecule has 2 atom stereocenters. The van der Waals surface area contributed by atoms with Crippen molar-refractivity contribution >= 4 is 10.8 Å². The molecule has 0 fully saturated rings. The number of hydrogen-bond acceptors (Lipinski definition) is 0. The Hall–Kier alpha value is -2.41. The lowest BCUT2D eigenvalue weighted by Gasteiger charge is -2.49. The lowest BCUT2D eigenvalue weighted by Crippen LogP contribution is -2.68. The molecule has 32 heavy (non-hydrogen) atoms. The van der Waals surface area contributed by atoms with Crippen LogP contribution in [0.4, 0.5) is 0 Å². The largest absolute Gasteiger partial charge is 0.222 e. The van der Waals surface area contributed by atoms with Crippen LogP contribution < -0.4 is 4.57 Å². The van der Waals surface area contributed by atoms with Crippen LogP contribution in [0, 0.1) is 0 Å². The third-order valence-corrected chi connectivity index (χ3v) is 9.14. The highest BCUT2D eigenvalue weighted by Gasteiger charge is 2.60. The molecule has 2 unspecified atom stereocenters. The average molecular weight is 425 g/mol. The van der Waals surface area contributed by atoms with Gasteiger partial charge in [-0.1, -0.05) is 78.0 Å². The molecule has 1 aromatic heterocycles. The SMILES string of the molecule is C=CC1(CC)[n+]2ccc3cc(CCCC)cc4c3c2-c2c(cccc2C1(C)CC)C4(C)C. The molecule has 0 spiro atoms. The Morgan fingerprint density at radius 3 is 2.34 bits per heavy atom. The summed E-state index contributed by atoms with van der Waals surface area (Å²) in [6, 6.07) is 14.4. The van der Waals surface area contributed by atoms with Crippen LogP contribution in [0.2, 0.25) is 0 Å². The first-order valence-corrected chi connectivity index (χ1v) is 12.6. The van der Waals surface area contributed by atoms with E-state index < -0.39 is 0 Å². The second-order valence-corrected chi connectivity index (χ2v) is 10.8. The van der Waals surface area contributed by atoms with Crippen LogP contribution in [0.15, 0.2) is 55.3 Å². The summed E-state index contributed by atoms with van der Waals surface area (Å²) in [6.45, 7) is 18.7. The van der Waals surface area contributed by atoms with E-state index in [0.29, 0.717) is 0 Å². The molecule has 2 heterocycles. The number of aryl methyl sites for hydroxylation is 1. The Kier molecular flexibility index (Phi) is 4.72. The zero-order chi connectivity index (χ0) is 22.9. The molecule has 0 radical (unpaired) electrons.